The van der Waals surface area contributed by atoms with Crippen LogP contribution < -0.4 is 15.8 Å². The van der Waals surface area contributed by atoms with E-state index < -0.39 is 0 Å². The fraction of sp³-hybridized carbons (Fsp3) is 0.154. The van der Waals surface area contributed by atoms with Crippen molar-refractivity contribution < 1.29 is 4.74 Å². The molecule has 18 heavy (non-hydrogen) atoms. The molecule has 1 heterocycles. The highest BCUT2D eigenvalue weighted by Crippen LogP contribution is 2.24. The van der Waals surface area contributed by atoms with E-state index in [1.54, 1.807) is 6.07 Å². The zero-order chi connectivity index (χ0) is 13.0. The van der Waals surface area contributed by atoms with Gasteiger partial charge >= 0.3 is 0 Å². The number of benzene rings is 1. The number of aromatic nitrogens is 1. The second-order valence-corrected chi connectivity index (χ2v) is 4.21. The molecule has 0 saturated carbocycles. The van der Waals surface area contributed by atoms with E-state index >= 15 is 0 Å². The molecule has 4 nitrogen and oxygen atoms in total. The second kappa shape index (κ2) is 5.60. The first-order valence-electron chi connectivity index (χ1n) is 5.49. The second-order valence-electron chi connectivity index (χ2n) is 3.78. The van der Waals surface area contributed by atoms with Crippen molar-refractivity contribution in [3.63, 3.8) is 0 Å². The van der Waals surface area contributed by atoms with E-state index in [0.29, 0.717) is 23.2 Å². The zero-order valence-corrected chi connectivity index (χ0v) is 10.7. The number of rotatable bonds is 4. The summed E-state index contributed by atoms with van der Waals surface area (Å²) in [6, 6.07) is 9.60. The van der Waals surface area contributed by atoms with E-state index in [4.69, 9.17) is 22.1 Å². The molecule has 0 aliphatic carbocycles. The van der Waals surface area contributed by atoms with Gasteiger partial charge in [0.25, 0.3) is 0 Å². The number of ether oxygens (including phenoxy) is 1. The lowest BCUT2D eigenvalue weighted by atomic mass is 10.2. The van der Waals surface area contributed by atoms with Crippen LogP contribution in [0.25, 0.3) is 0 Å². The molecular formula is C13H14ClN3O. The number of nitrogens with one attached hydrogen (secondary N) is 1. The van der Waals surface area contributed by atoms with Gasteiger partial charge in [0.1, 0.15) is 6.61 Å². The first-order valence-corrected chi connectivity index (χ1v) is 5.87. The standard InChI is InChI=1S/C13H14ClN3O/c1-16-11-4-2-3-9(5-11)8-18-12-6-10(14)7-17-13(12)15/h2-7,16H,8H2,1H3,(H2,15,17). The van der Waals surface area contributed by atoms with E-state index in [9.17, 15) is 0 Å². The molecule has 0 aliphatic rings. The molecule has 0 spiro atoms. The van der Waals surface area contributed by atoms with Crippen molar-refractivity contribution >= 4 is 23.1 Å². The van der Waals surface area contributed by atoms with Crippen LogP contribution in [0, 0.1) is 0 Å². The van der Waals surface area contributed by atoms with Gasteiger partial charge in [-0.2, -0.15) is 0 Å². The molecule has 0 amide bonds. The number of hydrogen-bond donors (Lipinski definition) is 2. The van der Waals surface area contributed by atoms with Gasteiger partial charge in [-0.25, -0.2) is 4.98 Å². The highest BCUT2D eigenvalue weighted by Gasteiger charge is 2.03. The number of halogens is 1. The van der Waals surface area contributed by atoms with E-state index in [-0.39, 0.29) is 0 Å². The van der Waals surface area contributed by atoms with Gasteiger partial charge in [-0.05, 0) is 17.7 Å². The van der Waals surface area contributed by atoms with E-state index in [1.165, 1.54) is 6.20 Å². The largest absolute Gasteiger partial charge is 0.485 e. The molecule has 5 heteroatoms. The number of nitrogens with zero attached hydrogens (tertiary/aromatic N) is 1. The lowest BCUT2D eigenvalue weighted by Crippen LogP contribution is -2.01. The number of anilines is 2. The maximum Gasteiger partial charge on any atom is 0.166 e. The summed E-state index contributed by atoms with van der Waals surface area (Å²) in [5, 5.41) is 3.58. The molecule has 0 unspecified atom stereocenters. The Kier molecular flexibility index (Phi) is 3.89. The third-order valence-corrected chi connectivity index (χ3v) is 2.67. The Balaban J connectivity index is 2.08. The van der Waals surface area contributed by atoms with Gasteiger partial charge < -0.3 is 15.8 Å². The molecule has 2 rings (SSSR count). The van der Waals surface area contributed by atoms with Crippen LogP contribution in [0.3, 0.4) is 0 Å². The fourth-order valence-corrected chi connectivity index (χ4v) is 1.67. The summed E-state index contributed by atoms with van der Waals surface area (Å²) in [5.41, 5.74) is 7.78. The minimum atomic E-state index is 0.337. The number of pyridine rings is 1. The molecule has 2 aromatic rings. The van der Waals surface area contributed by atoms with Crippen LogP contribution in [0.4, 0.5) is 11.5 Å². The minimum Gasteiger partial charge on any atom is -0.485 e. The van der Waals surface area contributed by atoms with Gasteiger partial charge in [0.15, 0.2) is 11.6 Å². The van der Waals surface area contributed by atoms with Gasteiger partial charge in [-0.3, -0.25) is 0 Å². The van der Waals surface area contributed by atoms with Gasteiger partial charge in [0.2, 0.25) is 0 Å². The Morgan fingerprint density at radius 1 is 1.39 bits per heavy atom. The monoisotopic (exact) mass is 263 g/mol. The number of nitrogens with two attached hydrogens (primary N) is 1. The molecule has 0 aliphatic heterocycles. The average molecular weight is 264 g/mol. The highest BCUT2D eigenvalue weighted by atomic mass is 35.5. The summed E-state index contributed by atoms with van der Waals surface area (Å²) >= 11 is 5.84. The summed E-state index contributed by atoms with van der Waals surface area (Å²) in [4.78, 5) is 3.93. The SMILES string of the molecule is CNc1cccc(COc2cc(Cl)cnc2N)c1. The summed E-state index contributed by atoms with van der Waals surface area (Å²) in [7, 11) is 1.87. The predicted octanol–water partition coefficient (Wildman–Crippen LogP) is 2.94. The molecule has 1 aromatic carbocycles. The smallest absolute Gasteiger partial charge is 0.166 e. The Labute approximate surface area is 111 Å². The van der Waals surface area contributed by atoms with Crippen molar-refractivity contribution in [2.24, 2.45) is 0 Å². The van der Waals surface area contributed by atoms with E-state index in [0.717, 1.165) is 11.3 Å². The van der Waals surface area contributed by atoms with Crippen molar-refractivity contribution in [1.82, 2.24) is 4.98 Å². The molecule has 0 atom stereocenters. The Hall–Kier alpha value is -1.94. The Morgan fingerprint density at radius 2 is 2.22 bits per heavy atom. The molecule has 0 fully saturated rings. The third kappa shape index (κ3) is 3.05. The van der Waals surface area contributed by atoms with Crippen molar-refractivity contribution in [2.75, 3.05) is 18.1 Å². The van der Waals surface area contributed by atoms with Crippen molar-refractivity contribution in [2.45, 2.75) is 6.61 Å². The van der Waals surface area contributed by atoms with Gasteiger partial charge in [-0.1, -0.05) is 23.7 Å². The first kappa shape index (κ1) is 12.5. The van der Waals surface area contributed by atoms with Crippen LogP contribution in [0.15, 0.2) is 36.5 Å². The van der Waals surface area contributed by atoms with Crippen LogP contribution >= 0.6 is 11.6 Å². The summed E-state index contributed by atoms with van der Waals surface area (Å²) < 4.78 is 5.60. The van der Waals surface area contributed by atoms with Crippen LogP contribution in [0.1, 0.15) is 5.56 Å². The van der Waals surface area contributed by atoms with Crippen molar-refractivity contribution in [1.29, 1.82) is 0 Å². The molecule has 0 saturated heterocycles. The molecule has 3 N–H and O–H groups in total. The molecule has 0 bridgehead atoms. The van der Waals surface area contributed by atoms with E-state index in [1.807, 2.05) is 31.3 Å². The molecule has 94 valence electrons. The van der Waals surface area contributed by atoms with Crippen LogP contribution in [-0.2, 0) is 6.61 Å². The molecular weight excluding hydrogens is 250 g/mol. The van der Waals surface area contributed by atoms with Gasteiger partial charge in [0.05, 0.1) is 5.02 Å². The highest BCUT2D eigenvalue weighted by molar-refractivity contribution is 6.30. The summed E-state index contributed by atoms with van der Waals surface area (Å²) in [6.45, 7) is 0.418. The molecule has 1 aromatic heterocycles. The number of nitrogen functional groups attached to an aromatic ring is 1. The maximum atomic E-state index is 5.84. The Morgan fingerprint density at radius 3 is 3.00 bits per heavy atom. The first-order chi connectivity index (χ1) is 8.69. The fourth-order valence-electron chi connectivity index (χ4n) is 1.52. The lowest BCUT2D eigenvalue weighted by molar-refractivity contribution is 0.307. The van der Waals surface area contributed by atoms with Crippen molar-refractivity contribution in [3.8, 4) is 5.75 Å². The van der Waals surface area contributed by atoms with Crippen molar-refractivity contribution in [3.05, 3.63) is 47.1 Å². The minimum absolute atomic E-state index is 0.337. The summed E-state index contributed by atoms with van der Waals surface area (Å²) in [6.07, 6.45) is 1.49. The third-order valence-electron chi connectivity index (χ3n) is 2.46. The van der Waals surface area contributed by atoms with Gasteiger partial charge in [-0.15, -0.1) is 0 Å². The number of hydrogen-bond acceptors (Lipinski definition) is 4. The normalized spacial score (nSPS) is 10.1. The topological polar surface area (TPSA) is 60.2 Å². The molecule has 0 radical (unpaired) electrons. The lowest BCUT2D eigenvalue weighted by Gasteiger charge is -2.09. The van der Waals surface area contributed by atoms with E-state index in [2.05, 4.69) is 10.3 Å². The van der Waals surface area contributed by atoms with Crippen LogP contribution in [0.5, 0.6) is 5.75 Å². The zero-order valence-electron chi connectivity index (χ0n) is 9.98. The van der Waals surface area contributed by atoms with Crippen LogP contribution in [0.2, 0.25) is 5.02 Å². The predicted molar refractivity (Wildman–Crippen MR) is 74.0 cm³/mol. The maximum absolute atomic E-state index is 5.84. The van der Waals surface area contributed by atoms with Gasteiger partial charge in [0, 0.05) is 25.0 Å². The van der Waals surface area contributed by atoms with Crippen LogP contribution in [-0.4, -0.2) is 12.0 Å². The quantitative estimate of drug-likeness (QED) is 0.890. The Bertz CT molecular complexity index is 546. The summed E-state index contributed by atoms with van der Waals surface area (Å²) in [5.74, 6) is 0.835. The average Bonchev–Trinajstić information content (AvgIpc) is 2.40.